The molecule has 0 saturated heterocycles. The molecule has 0 atom stereocenters. The van der Waals surface area contributed by atoms with Crippen molar-refractivity contribution in [2.24, 2.45) is 0 Å². The third kappa shape index (κ3) is 4.95. The molecule has 0 aliphatic heterocycles. The van der Waals surface area contributed by atoms with Crippen LogP contribution in [0.4, 0.5) is 0 Å². The molecule has 0 bridgehead atoms. The largest absolute Gasteiger partial charge is 0.309 e. The highest BCUT2D eigenvalue weighted by Crippen LogP contribution is 2.39. The summed E-state index contributed by atoms with van der Waals surface area (Å²) in [4.78, 5) is 0. The van der Waals surface area contributed by atoms with Gasteiger partial charge in [-0.2, -0.15) is 5.26 Å². The van der Waals surface area contributed by atoms with Gasteiger partial charge in [0.25, 0.3) is 0 Å². The summed E-state index contributed by atoms with van der Waals surface area (Å²) in [6.07, 6.45) is 15.9. The zero-order valence-corrected chi connectivity index (χ0v) is 28.8. The number of fused-ring (bicyclic) bond motifs is 6. The lowest BCUT2D eigenvalue weighted by Crippen LogP contribution is -1.99. The minimum Gasteiger partial charge on any atom is -0.309 e. The van der Waals surface area contributed by atoms with E-state index in [1.54, 1.807) is 0 Å². The molecule has 3 nitrogen and oxygen atoms in total. The minimum atomic E-state index is 0.655. The average molecular weight is 666 g/mol. The normalized spacial score (nSPS) is 14.5. The topological polar surface area (TPSA) is 33.6 Å². The lowest BCUT2D eigenvalue weighted by Gasteiger charge is -2.19. The summed E-state index contributed by atoms with van der Waals surface area (Å²) in [6.45, 7) is 0. The summed E-state index contributed by atoms with van der Waals surface area (Å²) >= 11 is 0. The first-order valence-electron chi connectivity index (χ1n) is 18.2. The van der Waals surface area contributed by atoms with Gasteiger partial charge in [0.1, 0.15) is 0 Å². The van der Waals surface area contributed by atoms with Crippen LogP contribution in [0, 0.1) is 11.3 Å². The number of aromatic nitrogens is 2. The molecule has 2 aliphatic rings. The van der Waals surface area contributed by atoms with E-state index >= 15 is 0 Å². The van der Waals surface area contributed by atoms with E-state index < -0.39 is 0 Å². The number of hydrogen-bond acceptors (Lipinski definition) is 1. The molecule has 2 aromatic heterocycles. The van der Waals surface area contributed by atoms with Crippen LogP contribution in [-0.2, 0) is 0 Å². The van der Waals surface area contributed by atoms with Crippen LogP contribution in [0.15, 0.2) is 175 Å². The van der Waals surface area contributed by atoms with Crippen molar-refractivity contribution in [3.05, 3.63) is 186 Å². The van der Waals surface area contributed by atoms with Crippen LogP contribution < -0.4 is 0 Å². The molecule has 2 aliphatic carbocycles. The molecular weight excluding hydrogens is 631 g/mol. The lowest BCUT2D eigenvalue weighted by molar-refractivity contribution is 0.905. The fraction of sp³-hybridized carbons (Fsp3) is 0.0816. The van der Waals surface area contributed by atoms with E-state index in [0.717, 1.165) is 42.4 Å². The zero-order chi connectivity index (χ0) is 34.6. The second kappa shape index (κ2) is 12.3. The Labute approximate surface area is 303 Å². The van der Waals surface area contributed by atoms with Gasteiger partial charge < -0.3 is 9.13 Å². The van der Waals surface area contributed by atoms with Crippen LogP contribution >= 0.6 is 0 Å². The zero-order valence-electron chi connectivity index (χ0n) is 28.8. The molecule has 0 spiro atoms. The van der Waals surface area contributed by atoms with Crippen molar-refractivity contribution in [1.82, 2.24) is 9.13 Å². The quantitative estimate of drug-likeness (QED) is 0.180. The smallest absolute Gasteiger partial charge is 0.0992 e. The van der Waals surface area contributed by atoms with E-state index in [9.17, 15) is 5.26 Å². The van der Waals surface area contributed by atoms with Gasteiger partial charge in [-0.25, -0.2) is 0 Å². The Bertz CT molecular complexity index is 2900. The Morgan fingerprint density at radius 1 is 0.442 bits per heavy atom. The summed E-state index contributed by atoms with van der Waals surface area (Å²) in [7, 11) is 0. The third-order valence-electron chi connectivity index (χ3n) is 11.0. The SMILES string of the molecule is N#Cc1cccc(-n2c3ccccc3c3cc(-c4ccc5c(c4)c4ccccc4n5-c4ccc(C5=CC=C(C6=CC=CCC6)CC5)cc4)ccc32)c1. The lowest BCUT2D eigenvalue weighted by atomic mass is 9.87. The molecule has 10 rings (SSSR count). The van der Waals surface area contributed by atoms with Gasteiger partial charge in [0.05, 0.1) is 33.7 Å². The van der Waals surface area contributed by atoms with Crippen LogP contribution in [0.2, 0.25) is 0 Å². The van der Waals surface area contributed by atoms with Crippen molar-refractivity contribution >= 4 is 49.2 Å². The highest BCUT2D eigenvalue weighted by Gasteiger charge is 2.17. The fourth-order valence-electron chi connectivity index (χ4n) is 8.42. The van der Waals surface area contributed by atoms with E-state index in [0.29, 0.717) is 5.56 Å². The summed E-state index contributed by atoms with van der Waals surface area (Å²) in [5.41, 5.74) is 15.5. The molecule has 0 radical (unpaired) electrons. The molecule has 0 N–H and O–H groups in total. The van der Waals surface area contributed by atoms with Crippen molar-refractivity contribution in [1.29, 1.82) is 5.26 Å². The second-order valence-electron chi connectivity index (χ2n) is 13.9. The molecule has 0 amide bonds. The monoisotopic (exact) mass is 665 g/mol. The summed E-state index contributed by atoms with van der Waals surface area (Å²) < 4.78 is 4.67. The number of rotatable bonds is 5. The maximum absolute atomic E-state index is 9.59. The van der Waals surface area contributed by atoms with Gasteiger partial charge in [0.15, 0.2) is 0 Å². The predicted octanol–water partition coefficient (Wildman–Crippen LogP) is 12.8. The molecule has 3 heteroatoms. The second-order valence-corrected chi connectivity index (χ2v) is 13.9. The Balaban J connectivity index is 1.04. The van der Waals surface area contributed by atoms with Gasteiger partial charge in [0, 0.05) is 32.9 Å². The molecule has 246 valence electrons. The van der Waals surface area contributed by atoms with Gasteiger partial charge in [-0.1, -0.05) is 97.1 Å². The third-order valence-corrected chi connectivity index (χ3v) is 11.0. The van der Waals surface area contributed by atoms with Crippen LogP contribution in [0.25, 0.3) is 71.7 Å². The van der Waals surface area contributed by atoms with E-state index in [4.69, 9.17) is 0 Å². The van der Waals surface area contributed by atoms with E-state index in [-0.39, 0.29) is 0 Å². The Hall–Kier alpha value is -6.63. The van der Waals surface area contributed by atoms with Gasteiger partial charge in [0.2, 0.25) is 0 Å². The summed E-state index contributed by atoms with van der Waals surface area (Å²) in [5, 5.41) is 14.5. The summed E-state index contributed by atoms with van der Waals surface area (Å²) in [5.74, 6) is 0. The first-order chi connectivity index (χ1) is 25.7. The number of nitriles is 1. The van der Waals surface area contributed by atoms with Crippen molar-refractivity contribution in [2.75, 3.05) is 0 Å². The van der Waals surface area contributed by atoms with Crippen LogP contribution in [0.3, 0.4) is 0 Å². The van der Waals surface area contributed by atoms with Crippen LogP contribution in [-0.4, -0.2) is 9.13 Å². The number of nitrogens with zero attached hydrogens (tertiary/aromatic N) is 3. The van der Waals surface area contributed by atoms with Gasteiger partial charge in [-0.3, -0.25) is 0 Å². The molecule has 0 fully saturated rings. The van der Waals surface area contributed by atoms with Crippen molar-refractivity contribution in [2.45, 2.75) is 25.7 Å². The Morgan fingerprint density at radius 3 is 1.63 bits per heavy atom. The van der Waals surface area contributed by atoms with E-state index in [2.05, 4.69) is 161 Å². The molecule has 6 aromatic carbocycles. The number of benzene rings is 6. The first kappa shape index (κ1) is 30.2. The maximum atomic E-state index is 9.59. The van der Waals surface area contributed by atoms with Crippen molar-refractivity contribution in [3.63, 3.8) is 0 Å². The molecular formula is C49H35N3. The molecule has 8 aromatic rings. The van der Waals surface area contributed by atoms with Gasteiger partial charge in [-0.15, -0.1) is 0 Å². The van der Waals surface area contributed by atoms with E-state index in [1.165, 1.54) is 71.7 Å². The van der Waals surface area contributed by atoms with Crippen molar-refractivity contribution < 1.29 is 0 Å². The maximum Gasteiger partial charge on any atom is 0.0992 e. The van der Waals surface area contributed by atoms with Gasteiger partial charge >= 0.3 is 0 Å². The fourth-order valence-corrected chi connectivity index (χ4v) is 8.42. The molecule has 0 saturated carbocycles. The van der Waals surface area contributed by atoms with E-state index in [1.807, 2.05) is 18.2 Å². The number of para-hydroxylation sites is 2. The minimum absolute atomic E-state index is 0.655. The average Bonchev–Trinajstić information content (AvgIpc) is 3.73. The molecule has 52 heavy (non-hydrogen) atoms. The summed E-state index contributed by atoms with van der Waals surface area (Å²) in [6, 6.07) is 50.3. The number of hydrogen-bond donors (Lipinski definition) is 0. The first-order valence-corrected chi connectivity index (χ1v) is 18.2. The molecule has 2 heterocycles. The standard InChI is InChI=1S/C49H35N3/c50-32-33-9-8-12-41(29-33)52-47-16-7-5-14-43(47)45-31-39(24-28-49(45)52)38-23-27-48-44(30-38)42-13-4-6-15-46(42)51(48)40-25-21-37(22-26-40)36-19-17-35(18-20-36)34-10-2-1-3-11-34/h1-2,4-10,12-17,19,21-31H,3,11,18,20H2. The Kier molecular flexibility index (Phi) is 7.15. The highest BCUT2D eigenvalue weighted by atomic mass is 15.0. The molecule has 0 unspecified atom stereocenters. The Morgan fingerprint density at radius 2 is 1.02 bits per heavy atom. The van der Waals surface area contributed by atoms with Gasteiger partial charge in [-0.05, 0) is 126 Å². The number of allylic oxidation sites excluding steroid dienone is 8. The van der Waals surface area contributed by atoms with Crippen molar-refractivity contribution in [3.8, 4) is 28.6 Å². The van der Waals surface area contributed by atoms with Crippen LogP contribution in [0.5, 0.6) is 0 Å². The predicted molar refractivity (Wildman–Crippen MR) is 217 cm³/mol. The highest BCUT2D eigenvalue weighted by molar-refractivity contribution is 6.12. The van der Waals surface area contributed by atoms with Crippen LogP contribution in [0.1, 0.15) is 36.8 Å².